The van der Waals surface area contributed by atoms with Gasteiger partial charge in [-0.2, -0.15) is 0 Å². The third-order valence-corrected chi connectivity index (χ3v) is 4.53. The normalized spacial score (nSPS) is 25.4. The molecule has 1 fully saturated rings. The maximum Gasteiger partial charge on any atom is 0.162 e. The largest absolute Gasteiger partial charge is 0.486 e. The van der Waals surface area contributed by atoms with E-state index in [1.54, 1.807) is 0 Å². The average Bonchev–Trinajstić information content (AvgIpc) is 3.22. The molecule has 1 aromatic carbocycles. The van der Waals surface area contributed by atoms with Gasteiger partial charge < -0.3 is 14.2 Å². The lowest BCUT2D eigenvalue weighted by Crippen LogP contribution is -2.16. The first kappa shape index (κ1) is 14.0. The highest BCUT2D eigenvalue weighted by molar-refractivity contribution is 6.31. The Hall–Kier alpha value is -0.930. The van der Waals surface area contributed by atoms with Crippen LogP contribution in [-0.2, 0) is 4.74 Å². The number of rotatable bonds is 5. The summed E-state index contributed by atoms with van der Waals surface area (Å²) in [6.07, 6.45) is 4.02. The van der Waals surface area contributed by atoms with E-state index in [4.69, 9.17) is 25.8 Å². The van der Waals surface area contributed by atoms with E-state index >= 15 is 0 Å². The molecule has 1 aromatic rings. The number of benzene rings is 1. The third-order valence-electron chi connectivity index (χ3n) is 4.20. The van der Waals surface area contributed by atoms with E-state index in [1.165, 1.54) is 0 Å². The van der Waals surface area contributed by atoms with Gasteiger partial charge in [-0.15, -0.1) is 0 Å². The van der Waals surface area contributed by atoms with Crippen molar-refractivity contribution in [3.63, 3.8) is 0 Å². The van der Waals surface area contributed by atoms with Gasteiger partial charge in [0, 0.05) is 11.1 Å². The van der Waals surface area contributed by atoms with E-state index in [2.05, 4.69) is 13.8 Å². The summed E-state index contributed by atoms with van der Waals surface area (Å²) >= 11 is 6.43. The van der Waals surface area contributed by atoms with Gasteiger partial charge in [-0.3, -0.25) is 0 Å². The molecule has 0 bridgehead atoms. The average molecular weight is 297 g/mol. The summed E-state index contributed by atoms with van der Waals surface area (Å²) in [4.78, 5) is 0. The molecule has 3 atom stereocenters. The minimum absolute atomic E-state index is 0.397. The molecule has 3 rings (SSSR count). The summed E-state index contributed by atoms with van der Waals surface area (Å²) in [6, 6.07) is 3.94. The lowest BCUT2D eigenvalue weighted by molar-refractivity contribution is 0.171. The molecule has 0 N–H and O–H groups in total. The monoisotopic (exact) mass is 296 g/mol. The van der Waals surface area contributed by atoms with Crippen molar-refractivity contribution in [2.75, 3.05) is 13.2 Å². The first-order chi connectivity index (χ1) is 9.72. The van der Waals surface area contributed by atoms with Gasteiger partial charge in [0.1, 0.15) is 13.2 Å². The van der Waals surface area contributed by atoms with Crippen molar-refractivity contribution in [3.05, 3.63) is 22.7 Å². The van der Waals surface area contributed by atoms with Crippen LogP contribution in [0.3, 0.4) is 0 Å². The molecule has 2 heterocycles. The number of hydrogen-bond acceptors (Lipinski definition) is 3. The van der Waals surface area contributed by atoms with Gasteiger partial charge in [0.2, 0.25) is 0 Å². The van der Waals surface area contributed by atoms with Crippen LogP contribution in [-0.4, -0.2) is 25.4 Å². The zero-order valence-corrected chi connectivity index (χ0v) is 12.8. The molecule has 0 aromatic heterocycles. The fourth-order valence-electron chi connectivity index (χ4n) is 2.93. The molecule has 20 heavy (non-hydrogen) atoms. The summed E-state index contributed by atoms with van der Waals surface area (Å²) in [5.41, 5.74) is 1.16. The van der Waals surface area contributed by atoms with Crippen LogP contribution in [0.25, 0.3) is 0 Å². The second-order valence-corrected chi connectivity index (χ2v) is 5.89. The van der Waals surface area contributed by atoms with Gasteiger partial charge in [-0.1, -0.05) is 25.4 Å². The second-order valence-electron chi connectivity index (χ2n) is 5.48. The Morgan fingerprint density at radius 3 is 2.45 bits per heavy atom. The molecule has 1 saturated heterocycles. The Morgan fingerprint density at radius 2 is 1.85 bits per heavy atom. The molecule has 0 saturated carbocycles. The third kappa shape index (κ3) is 2.75. The van der Waals surface area contributed by atoms with Gasteiger partial charge in [-0.05, 0) is 36.8 Å². The summed E-state index contributed by atoms with van der Waals surface area (Å²) in [7, 11) is 0. The summed E-state index contributed by atoms with van der Waals surface area (Å²) in [6.45, 7) is 5.56. The zero-order valence-electron chi connectivity index (χ0n) is 12.0. The number of halogens is 1. The van der Waals surface area contributed by atoms with Gasteiger partial charge in [0.15, 0.2) is 11.5 Å². The first-order valence-electron chi connectivity index (χ1n) is 7.47. The predicted octanol–water partition coefficient (Wildman–Crippen LogP) is 4.17. The molecule has 2 aliphatic heterocycles. The minimum Gasteiger partial charge on any atom is -0.486 e. The smallest absolute Gasteiger partial charge is 0.162 e. The number of hydrogen-bond donors (Lipinski definition) is 0. The SMILES string of the molecule is CCC(CC1OC1CC)c1cc2c(cc1Cl)OCCO2. The predicted molar refractivity (Wildman–Crippen MR) is 79.0 cm³/mol. The highest BCUT2D eigenvalue weighted by Crippen LogP contribution is 2.42. The van der Waals surface area contributed by atoms with E-state index in [1.807, 2.05) is 12.1 Å². The Labute approximate surface area is 125 Å². The lowest BCUT2D eigenvalue weighted by atomic mass is 9.90. The quantitative estimate of drug-likeness (QED) is 0.764. The van der Waals surface area contributed by atoms with Gasteiger partial charge >= 0.3 is 0 Å². The summed E-state index contributed by atoms with van der Waals surface area (Å²) in [5, 5.41) is 0.773. The van der Waals surface area contributed by atoms with E-state index in [9.17, 15) is 0 Å². The minimum atomic E-state index is 0.397. The van der Waals surface area contributed by atoms with Crippen molar-refractivity contribution < 1.29 is 14.2 Å². The first-order valence-corrected chi connectivity index (χ1v) is 7.85. The molecule has 0 spiro atoms. The van der Waals surface area contributed by atoms with Crippen LogP contribution in [0, 0.1) is 0 Å². The van der Waals surface area contributed by atoms with Crippen molar-refractivity contribution in [3.8, 4) is 11.5 Å². The van der Waals surface area contributed by atoms with Crippen LogP contribution < -0.4 is 9.47 Å². The van der Waals surface area contributed by atoms with Crippen LogP contribution in [0.15, 0.2) is 12.1 Å². The molecule has 0 aliphatic carbocycles. The number of fused-ring (bicyclic) bond motifs is 1. The maximum absolute atomic E-state index is 6.43. The highest BCUT2D eigenvalue weighted by atomic mass is 35.5. The van der Waals surface area contributed by atoms with Gasteiger partial charge in [0.05, 0.1) is 12.2 Å². The van der Waals surface area contributed by atoms with Crippen molar-refractivity contribution in [2.45, 2.75) is 51.2 Å². The Kier molecular flexibility index (Phi) is 4.08. The van der Waals surface area contributed by atoms with Crippen molar-refractivity contribution in [1.82, 2.24) is 0 Å². The van der Waals surface area contributed by atoms with Gasteiger partial charge in [0.25, 0.3) is 0 Å². The summed E-state index contributed by atoms with van der Waals surface area (Å²) < 4.78 is 16.9. The zero-order chi connectivity index (χ0) is 14.1. The Bertz CT molecular complexity index is 489. The molecule has 110 valence electrons. The summed E-state index contributed by atoms with van der Waals surface area (Å²) in [5.74, 6) is 1.99. The van der Waals surface area contributed by atoms with E-state index < -0.39 is 0 Å². The molecule has 0 radical (unpaired) electrons. The van der Waals surface area contributed by atoms with Crippen LogP contribution in [0.1, 0.15) is 44.6 Å². The van der Waals surface area contributed by atoms with Crippen LogP contribution >= 0.6 is 11.6 Å². The van der Waals surface area contributed by atoms with Gasteiger partial charge in [-0.25, -0.2) is 0 Å². The van der Waals surface area contributed by atoms with Crippen molar-refractivity contribution >= 4 is 11.6 Å². The van der Waals surface area contributed by atoms with E-state index in [0.717, 1.165) is 41.3 Å². The molecular formula is C16H21ClO3. The fourth-order valence-corrected chi connectivity index (χ4v) is 3.24. The molecular weight excluding hydrogens is 276 g/mol. The topological polar surface area (TPSA) is 31.0 Å². The molecule has 4 heteroatoms. The van der Waals surface area contributed by atoms with Crippen molar-refractivity contribution in [2.24, 2.45) is 0 Å². The number of epoxide rings is 1. The lowest BCUT2D eigenvalue weighted by Gasteiger charge is -2.22. The second kappa shape index (κ2) is 5.82. The van der Waals surface area contributed by atoms with Crippen LogP contribution in [0.5, 0.6) is 11.5 Å². The molecule has 3 nitrogen and oxygen atoms in total. The fraction of sp³-hybridized carbons (Fsp3) is 0.625. The standard InChI is InChI=1S/C16H21ClO3/c1-3-10(7-16-13(4-2)20-16)11-8-14-15(9-12(11)17)19-6-5-18-14/h8-10,13,16H,3-7H2,1-2H3. The Balaban J connectivity index is 1.80. The van der Waals surface area contributed by atoms with Crippen molar-refractivity contribution in [1.29, 1.82) is 0 Å². The Morgan fingerprint density at radius 1 is 1.15 bits per heavy atom. The van der Waals surface area contributed by atoms with E-state index in [-0.39, 0.29) is 0 Å². The molecule has 0 amide bonds. The highest BCUT2D eigenvalue weighted by Gasteiger charge is 2.38. The van der Waals surface area contributed by atoms with Crippen LogP contribution in [0.2, 0.25) is 5.02 Å². The molecule has 2 aliphatic rings. The van der Waals surface area contributed by atoms with E-state index in [0.29, 0.717) is 31.3 Å². The molecule has 3 unspecified atom stereocenters. The maximum atomic E-state index is 6.43. The number of ether oxygens (including phenoxy) is 3. The van der Waals surface area contributed by atoms with Crippen LogP contribution in [0.4, 0.5) is 0 Å².